The lowest BCUT2D eigenvalue weighted by molar-refractivity contribution is -0.136. The van der Waals surface area contributed by atoms with Gasteiger partial charge in [0, 0.05) is 17.5 Å². The van der Waals surface area contributed by atoms with E-state index < -0.39 is 11.8 Å². The van der Waals surface area contributed by atoms with Gasteiger partial charge in [0.05, 0.1) is 18.1 Å². The molecule has 4 heteroatoms. The Balaban J connectivity index is 1.71. The predicted molar refractivity (Wildman–Crippen MR) is 85.7 cm³/mol. The average molecular weight is 313 g/mol. The molecular formula is C19H23NO3. The Hall–Kier alpha value is -1.39. The summed E-state index contributed by atoms with van der Waals surface area (Å²) in [6, 6.07) is 8.13. The lowest BCUT2D eigenvalue weighted by atomic mass is 9.74. The highest BCUT2D eigenvalue weighted by Gasteiger charge is 2.79. The molecule has 2 heterocycles. The van der Waals surface area contributed by atoms with E-state index >= 15 is 0 Å². The minimum absolute atomic E-state index is 0.0725. The Kier molecular flexibility index (Phi) is 2.54. The number of hydrogen-bond acceptors (Lipinski definition) is 3. The van der Waals surface area contributed by atoms with Crippen molar-refractivity contribution in [3.8, 4) is 0 Å². The summed E-state index contributed by atoms with van der Waals surface area (Å²) in [6.07, 6.45) is 0.387. The maximum Gasteiger partial charge on any atom is 0.233 e. The molecule has 2 aliphatic carbocycles. The number of fused-ring (bicyclic) bond motifs is 2. The van der Waals surface area contributed by atoms with E-state index in [9.17, 15) is 9.90 Å². The standard InChI is InChI=1S/C19H23NO3/c1-9(2)19-15-13-8-12(16(21)17(13)23-19)14(15)18(22)20(19)11-6-4-5-10(3)7-11/h4-7,9,12-17,21H,8H2,1-3H3/t12-,13-,14-,15-,16+,17+,19-/m1/s1. The fraction of sp³-hybridized carbons (Fsp3) is 0.632. The summed E-state index contributed by atoms with van der Waals surface area (Å²) in [6.45, 7) is 6.33. The van der Waals surface area contributed by atoms with Crippen LogP contribution >= 0.6 is 0 Å². The minimum Gasteiger partial charge on any atom is -0.390 e. The van der Waals surface area contributed by atoms with E-state index in [1.807, 2.05) is 30.0 Å². The number of rotatable bonds is 2. The lowest BCUT2D eigenvalue weighted by Crippen LogP contribution is -2.54. The minimum atomic E-state index is -0.586. The van der Waals surface area contributed by atoms with E-state index in [0.29, 0.717) is 5.92 Å². The third-order valence-corrected chi connectivity index (χ3v) is 6.80. The van der Waals surface area contributed by atoms with Gasteiger partial charge in [-0.05, 0) is 42.9 Å². The number of aliphatic hydroxyl groups excluding tert-OH is 1. The van der Waals surface area contributed by atoms with Crippen molar-refractivity contribution in [2.45, 2.75) is 45.1 Å². The maximum absolute atomic E-state index is 13.3. The van der Waals surface area contributed by atoms with E-state index in [1.165, 1.54) is 0 Å². The van der Waals surface area contributed by atoms with Crippen LogP contribution in [0, 0.1) is 36.5 Å². The molecule has 1 amide bonds. The Bertz CT molecular complexity index is 702. The molecule has 2 saturated heterocycles. The highest BCUT2D eigenvalue weighted by molar-refractivity contribution is 6.00. The number of ether oxygens (including phenoxy) is 1. The molecular weight excluding hydrogens is 290 g/mol. The fourth-order valence-electron chi connectivity index (χ4n) is 6.08. The normalized spacial score (nSPS) is 46.5. The van der Waals surface area contributed by atoms with Gasteiger partial charge in [0.15, 0.2) is 5.72 Å². The van der Waals surface area contributed by atoms with Crippen molar-refractivity contribution in [1.82, 2.24) is 0 Å². The molecule has 23 heavy (non-hydrogen) atoms. The van der Waals surface area contributed by atoms with Gasteiger partial charge in [0.25, 0.3) is 0 Å². The van der Waals surface area contributed by atoms with E-state index in [0.717, 1.165) is 17.7 Å². The Morgan fingerprint density at radius 1 is 1.35 bits per heavy atom. The van der Waals surface area contributed by atoms with Crippen LogP contribution < -0.4 is 4.90 Å². The summed E-state index contributed by atoms with van der Waals surface area (Å²) in [4.78, 5) is 15.2. The molecule has 0 spiro atoms. The van der Waals surface area contributed by atoms with Crippen molar-refractivity contribution in [2.24, 2.45) is 29.6 Å². The first-order valence-corrected chi connectivity index (χ1v) is 8.73. The summed E-state index contributed by atoms with van der Waals surface area (Å²) in [5, 5.41) is 10.5. The molecule has 1 aromatic rings. The summed E-state index contributed by atoms with van der Waals surface area (Å²) < 4.78 is 6.52. The van der Waals surface area contributed by atoms with E-state index in [2.05, 4.69) is 19.9 Å². The smallest absolute Gasteiger partial charge is 0.233 e. The molecule has 0 unspecified atom stereocenters. The van der Waals surface area contributed by atoms with Gasteiger partial charge in [0.1, 0.15) is 0 Å². The Morgan fingerprint density at radius 3 is 2.83 bits per heavy atom. The second kappa shape index (κ2) is 4.17. The molecule has 2 aliphatic heterocycles. The monoisotopic (exact) mass is 313 g/mol. The fourth-order valence-corrected chi connectivity index (χ4v) is 6.08. The van der Waals surface area contributed by atoms with Crippen molar-refractivity contribution in [1.29, 1.82) is 0 Å². The van der Waals surface area contributed by atoms with Crippen molar-refractivity contribution < 1.29 is 14.6 Å². The number of benzene rings is 1. The average Bonchev–Trinajstić information content (AvgIpc) is 3.15. The zero-order valence-corrected chi connectivity index (χ0v) is 13.8. The number of aliphatic hydroxyl groups is 1. The predicted octanol–water partition coefficient (Wildman–Crippen LogP) is 2.34. The van der Waals surface area contributed by atoms with Gasteiger partial charge < -0.3 is 9.84 Å². The number of aryl methyl sites for hydroxylation is 1. The van der Waals surface area contributed by atoms with Gasteiger partial charge in [0.2, 0.25) is 5.91 Å². The zero-order chi connectivity index (χ0) is 16.1. The summed E-state index contributed by atoms with van der Waals surface area (Å²) in [5.41, 5.74) is 1.50. The molecule has 0 radical (unpaired) electrons. The third kappa shape index (κ3) is 1.39. The summed E-state index contributed by atoms with van der Waals surface area (Å²) >= 11 is 0. The van der Waals surface area contributed by atoms with Gasteiger partial charge >= 0.3 is 0 Å². The molecule has 1 aromatic carbocycles. The highest BCUT2D eigenvalue weighted by Crippen LogP contribution is 2.69. The van der Waals surface area contributed by atoms with E-state index in [1.54, 1.807) is 0 Å². The SMILES string of the molecule is Cc1cccc(N2C(=O)[C@@H]3[C@H]4C[C@H]5[C@H](O[C@]2(C(C)C)[C@H]53)[C@H]4O)c1. The number of carbonyl (C=O) groups is 1. The van der Waals surface area contributed by atoms with Gasteiger partial charge in [-0.1, -0.05) is 26.0 Å². The summed E-state index contributed by atoms with van der Waals surface area (Å²) in [7, 11) is 0. The molecule has 4 fully saturated rings. The molecule has 2 saturated carbocycles. The second-order valence-electron chi connectivity index (χ2n) is 8.11. The first-order chi connectivity index (χ1) is 11.0. The molecule has 2 bridgehead atoms. The van der Waals surface area contributed by atoms with Crippen LogP contribution in [0.2, 0.25) is 0 Å². The topological polar surface area (TPSA) is 49.8 Å². The summed E-state index contributed by atoms with van der Waals surface area (Å²) in [5.74, 6) is 0.919. The molecule has 1 N–H and O–H groups in total. The number of carbonyl (C=O) groups excluding carboxylic acids is 1. The maximum atomic E-state index is 13.3. The van der Waals surface area contributed by atoms with Crippen LogP contribution in [0.5, 0.6) is 0 Å². The van der Waals surface area contributed by atoms with Crippen molar-refractivity contribution >= 4 is 11.6 Å². The van der Waals surface area contributed by atoms with Crippen LogP contribution in [-0.4, -0.2) is 28.9 Å². The van der Waals surface area contributed by atoms with Crippen LogP contribution in [0.25, 0.3) is 0 Å². The number of anilines is 1. The first kappa shape index (κ1) is 14.0. The molecule has 0 aromatic heterocycles. The van der Waals surface area contributed by atoms with Crippen molar-refractivity contribution in [2.75, 3.05) is 4.90 Å². The van der Waals surface area contributed by atoms with Crippen molar-refractivity contribution in [3.63, 3.8) is 0 Å². The Morgan fingerprint density at radius 2 is 2.13 bits per heavy atom. The molecule has 122 valence electrons. The van der Waals surface area contributed by atoms with Crippen molar-refractivity contribution in [3.05, 3.63) is 29.8 Å². The molecule has 4 nitrogen and oxygen atoms in total. The largest absolute Gasteiger partial charge is 0.390 e. The van der Waals surface area contributed by atoms with Gasteiger partial charge in [-0.2, -0.15) is 0 Å². The number of nitrogens with zero attached hydrogens (tertiary/aromatic N) is 1. The van der Waals surface area contributed by atoms with Crippen LogP contribution in [0.1, 0.15) is 25.8 Å². The lowest BCUT2D eigenvalue weighted by Gasteiger charge is -2.42. The zero-order valence-electron chi connectivity index (χ0n) is 13.8. The van der Waals surface area contributed by atoms with Crippen LogP contribution in [0.3, 0.4) is 0 Å². The van der Waals surface area contributed by atoms with E-state index in [-0.39, 0.29) is 35.7 Å². The van der Waals surface area contributed by atoms with Gasteiger partial charge in [-0.15, -0.1) is 0 Å². The van der Waals surface area contributed by atoms with Crippen LogP contribution in [0.4, 0.5) is 5.69 Å². The molecule has 5 rings (SSSR count). The Labute approximate surface area is 136 Å². The number of hydrogen-bond donors (Lipinski definition) is 1. The highest BCUT2D eigenvalue weighted by atomic mass is 16.6. The molecule has 4 aliphatic rings. The van der Waals surface area contributed by atoms with Gasteiger partial charge in [-0.25, -0.2) is 0 Å². The molecule has 7 atom stereocenters. The van der Waals surface area contributed by atoms with Crippen LogP contribution in [0.15, 0.2) is 24.3 Å². The second-order valence-corrected chi connectivity index (χ2v) is 8.11. The quantitative estimate of drug-likeness (QED) is 0.912. The van der Waals surface area contributed by atoms with E-state index in [4.69, 9.17) is 4.74 Å². The first-order valence-electron chi connectivity index (χ1n) is 8.73. The van der Waals surface area contributed by atoms with Gasteiger partial charge in [-0.3, -0.25) is 9.69 Å². The third-order valence-electron chi connectivity index (χ3n) is 6.80. The number of amides is 1. The van der Waals surface area contributed by atoms with Crippen LogP contribution in [-0.2, 0) is 9.53 Å².